The normalized spacial score (nSPS) is 13.2. The highest BCUT2D eigenvalue weighted by Crippen LogP contribution is 2.36. The SMILES string of the molecule is CCCCNC(=O)[C@H](CC)N(Cc1ccccc1)C(=O)CN(c1ccc2c(c1)OCO2)S(=O)(=O)CC. The summed E-state index contributed by atoms with van der Waals surface area (Å²) in [6, 6.07) is 13.4. The van der Waals surface area contributed by atoms with Crippen LogP contribution < -0.4 is 19.1 Å². The predicted molar refractivity (Wildman–Crippen MR) is 138 cm³/mol. The van der Waals surface area contributed by atoms with E-state index in [-0.39, 0.29) is 25.0 Å². The molecule has 0 saturated carbocycles. The van der Waals surface area contributed by atoms with Gasteiger partial charge in [0.25, 0.3) is 0 Å². The number of rotatable bonds is 13. The first-order valence-electron chi connectivity index (χ1n) is 12.3. The minimum atomic E-state index is -3.81. The number of carbonyl (C=O) groups excluding carboxylic acids is 2. The van der Waals surface area contributed by atoms with Crippen molar-refractivity contribution in [2.75, 3.05) is 29.9 Å². The maximum absolute atomic E-state index is 13.7. The van der Waals surface area contributed by atoms with Gasteiger partial charge in [0, 0.05) is 19.2 Å². The lowest BCUT2D eigenvalue weighted by Gasteiger charge is -2.33. The van der Waals surface area contributed by atoms with Gasteiger partial charge in [0.15, 0.2) is 11.5 Å². The molecule has 10 heteroatoms. The van der Waals surface area contributed by atoms with Gasteiger partial charge in [-0.1, -0.05) is 50.6 Å². The second kappa shape index (κ2) is 12.6. The molecule has 1 aliphatic heterocycles. The average molecular weight is 518 g/mol. The number of hydrogen-bond donors (Lipinski definition) is 1. The Balaban J connectivity index is 1.92. The van der Waals surface area contributed by atoms with E-state index in [1.54, 1.807) is 18.2 Å². The van der Waals surface area contributed by atoms with Crippen molar-refractivity contribution in [1.82, 2.24) is 10.2 Å². The molecule has 9 nitrogen and oxygen atoms in total. The summed E-state index contributed by atoms with van der Waals surface area (Å²) in [6.45, 7) is 5.71. The average Bonchev–Trinajstić information content (AvgIpc) is 3.35. The van der Waals surface area contributed by atoms with Gasteiger partial charge in [-0.3, -0.25) is 13.9 Å². The third kappa shape index (κ3) is 6.69. The second-order valence-corrected chi connectivity index (χ2v) is 10.7. The Morgan fingerprint density at radius 2 is 1.75 bits per heavy atom. The third-order valence-electron chi connectivity index (χ3n) is 6.03. The standard InChI is InChI=1S/C26H35N3O6S/c1-4-7-15-27-26(31)22(5-2)28(17-20-11-9-8-10-12-20)25(30)18-29(36(32,33)6-3)21-13-14-23-24(16-21)35-19-34-23/h8-14,16,22H,4-7,15,17-19H2,1-3H3,(H,27,31)/t22-/m0/s1. The molecule has 0 spiro atoms. The van der Waals surface area contributed by atoms with Gasteiger partial charge < -0.3 is 19.7 Å². The van der Waals surface area contributed by atoms with Crippen LogP contribution in [0.2, 0.25) is 0 Å². The van der Waals surface area contributed by atoms with Crippen LogP contribution in [0.15, 0.2) is 48.5 Å². The highest BCUT2D eigenvalue weighted by atomic mass is 32.2. The summed E-state index contributed by atoms with van der Waals surface area (Å²) >= 11 is 0. The highest BCUT2D eigenvalue weighted by molar-refractivity contribution is 7.92. The minimum Gasteiger partial charge on any atom is -0.454 e. The van der Waals surface area contributed by atoms with E-state index < -0.39 is 28.5 Å². The lowest BCUT2D eigenvalue weighted by Crippen LogP contribution is -2.52. The van der Waals surface area contributed by atoms with Crippen LogP contribution in [0, 0.1) is 0 Å². The number of ether oxygens (including phenoxy) is 2. The molecule has 1 heterocycles. The molecule has 1 N–H and O–H groups in total. The number of benzene rings is 2. The molecule has 0 bridgehead atoms. The van der Waals surface area contributed by atoms with E-state index in [2.05, 4.69) is 5.32 Å². The molecule has 0 unspecified atom stereocenters. The first-order chi connectivity index (χ1) is 17.3. The van der Waals surface area contributed by atoms with E-state index in [9.17, 15) is 18.0 Å². The van der Waals surface area contributed by atoms with Crippen molar-refractivity contribution in [2.24, 2.45) is 0 Å². The van der Waals surface area contributed by atoms with Crippen molar-refractivity contribution in [3.8, 4) is 11.5 Å². The lowest BCUT2D eigenvalue weighted by molar-refractivity contribution is -0.140. The van der Waals surface area contributed by atoms with Gasteiger partial charge >= 0.3 is 0 Å². The van der Waals surface area contributed by atoms with Gasteiger partial charge in [0.05, 0.1) is 11.4 Å². The molecule has 3 rings (SSSR count). The molecule has 0 radical (unpaired) electrons. The van der Waals surface area contributed by atoms with Crippen molar-refractivity contribution in [1.29, 1.82) is 0 Å². The minimum absolute atomic E-state index is 0.0500. The number of amides is 2. The zero-order valence-electron chi connectivity index (χ0n) is 21.1. The van der Waals surface area contributed by atoms with Crippen LogP contribution in [0.5, 0.6) is 11.5 Å². The van der Waals surface area contributed by atoms with Crippen molar-refractivity contribution in [2.45, 2.75) is 52.6 Å². The third-order valence-corrected chi connectivity index (χ3v) is 7.78. The van der Waals surface area contributed by atoms with E-state index in [0.29, 0.717) is 30.2 Å². The number of nitrogens with zero attached hydrogens (tertiary/aromatic N) is 2. The molecule has 2 aromatic carbocycles. The van der Waals surface area contributed by atoms with E-state index in [1.165, 1.54) is 11.8 Å². The summed E-state index contributed by atoms with van der Waals surface area (Å²) in [4.78, 5) is 28.3. The predicted octanol–water partition coefficient (Wildman–Crippen LogP) is 3.30. The zero-order chi connectivity index (χ0) is 26.1. The van der Waals surface area contributed by atoms with Gasteiger partial charge in [-0.05, 0) is 37.5 Å². The smallest absolute Gasteiger partial charge is 0.244 e. The monoisotopic (exact) mass is 517 g/mol. The van der Waals surface area contributed by atoms with Gasteiger partial charge in [0.2, 0.25) is 28.6 Å². The van der Waals surface area contributed by atoms with Crippen LogP contribution in [-0.2, 0) is 26.2 Å². The van der Waals surface area contributed by atoms with E-state index >= 15 is 0 Å². The summed E-state index contributed by atoms with van der Waals surface area (Å²) in [5.74, 6) is 0.0232. The number of nitrogens with one attached hydrogen (secondary N) is 1. The zero-order valence-corrected chi connectivity index (χ0v) is 21.9. The first kappa shape index (κ1) is 27.3. The number of fused-ring (bicyclic) bond motifs is 1. The second-order valence-electron chi connectivity index (χ2n) is 8.52. The van der Waals surface area contributed by atoms with Gasteiger partial charge in [-0.15, -0.1) is 0 Å². The van der Waals surface area contributed by atoms with E-state index in [1.807, 2.05) is 44.2 Å². The van der Waals surface area contributed by atoms with Gasteiger partial charge in [-0.2, -0.15) is 0 Å². The number of hydrogen-bond acceptors (Lipinski definition) is 6. The van der Waals surface area contributed by atoms with Crippen molar-refractivity contribution in [3.05, 3.63) is 54.1 Å². The Kier molecular flexibility index (Phi) is 9.58. The highest BCUT2D eigenvalue weighted by Gasteiger charge is 2.32. The molecule has 0 aliphatic carbocycles. The quantitative estimate of drug-likeness (QED) is 0.409. The number of sulfonamides is 1. The molecular weight excluding hydrogens is 482 g/mol. The summed E-state index contributed by atoms with van der Waals surface area (Å²) in [5, 5.41) is 2.92. The van der Waals surface area contributed by atoms with Gasteiger partial charge in [0.1, 0.15) is 12.6 Å². The molecule has 0 saturated heterocycles. The van der Waals surface area contributed by atoms with Crippen LogP contribution in [0.4, 0.5) is 5.69 Å². The van der Waals surface area contributed by atoms with E-state index in [4.69, 9.17) is 9.47 Å². The van der Waals surface area contributed by atoms with E-state index in [0.717, 1.165) is 22.7 Å². The molecule has 2 aromatic rings. The fourth-order valence-corrected chi connectivity index (χ4v) is 5.02. The molecule has 0 fully saturated rings. The van der Waals surface area contributed by atoms with Crippen molar-refractivity contribution >= 4 is 27.5 Å². The summed E-state index contributed by atoms with van der Waals surface area (Å²) in [5.41, 5.74) is 1.15. The Hall–Kier alpha value is -3.27. The van der Waals surface area contributed by atoms with Gasteiger partial charge in [-0.25, -0.2) is 8.42 Å². The lowest BCUT2D eigenvalue weighted by atomic mass is 10.1. The molecule has 1 atom stereocenters. The number of anilines is 1. The number of carbonyl (C=O) groups is 2. The summed E-state index contributed by atoms with van der Waals surface area (Å²) in [6.07, 6.45) is 2.16. The maximum Gasteiger partial charge on any atom is 0.244 e. The molecule has 2 amide bonds. The Labute approximate surface area is 213 Å². The fourth-order valence-electron chi connectivity index (χ4n) is 3.97. The Bertz CT molecular complexity index is 1140. The molecule has 1 aliphatic rings. The largest absolute Gasteiger partial charge is 0.454 e. The van der Waals surface area contributed by atoms with Crippen LogP contribution in [-0.4, -0.2) is 56.8 Å². The maximum atomic E-state index is 13.7. The number of unbranched alkanes of at least 4 members (excludes halogenated alkanes) is 1. The van der Waals surface area contributed by atoms with Crippen LogP contribution in [0.25, 0.3) is 0 Å². The first-order valence-corrected chi connectivity index (χ1v) is 13.9. The van der Waals surface area contributed by atoms with Crippen LogP contribution >= 0.6 is 0 Å². The van der Waals surface area contributed by atoms with Crippen molar-refractivity contribution < 1.29 is 27.5 Å². The topological polar surface area (TPSA) is 105 Å². The molecular formula is C26H35N3O6S. The fraction of sp³-hybridized carbons (Fsp3) is 0.462. The Morgan fingerprint density at radius 3 is 2.42 bits per heavy atom. The Morgan fingerprint density at radius 1 is 1.03 bits per heavy atom. The molecule has 0 aromatic heterocycles. The summed E-state index contributed by atoms with van der Waals surface area (Å²) < 4.78 is 38.0. The molecule has 196 valence electrons. The van der Waals surface area contributed by atoms with Crippen molar-refractivity contribution in [3.63, 3.8) is 0 Å². The summed E-state index contributed by atoms with van der Waals surface area (Å²) in [7, 11) is -3.81. The van der Waals surface area contributed by atoms with Crippen LogP contribution in [0.3, 0.4) is 0 Å². The molecule has 36 heavy (non-hydrogen) atoms. The van der Waals surface area contributed by atoms with Crippen LogP contribution in [0.1, 0.15) is 45.6 Å².